The first-order chi connectivity index (χ1) is 7.36. The van der Waals surface area contributed by atoms with E-state index in [1.165, 1.54) is 25.7 Å². The molecule has 0 spiro atoms. The van der Waals surface area contributed by atoms with Crippen LogP contribution in [-0.2, 0) is 9.47 Å². The molecule has 0 aromatic heterocycles. The Hall–Kier alpha value is -0.120. The largest absolute Gasteiger partial charge is 0.381 e. The molecule has 1 N–H and O–H groups in total. The fourth-order valence-corrected chi connectivity index (χ4v) is 2.45. The summed E-state index contributed by atoms with van der Waals surface area (Å²) in [7, 11) is 0. The number of hydrogen-bond acceptors (Lipinski definition) is 3. The van der Waals surface area contributed by atoms with Gasteiger partial charge in [-0.05, 0) is 45.1 Å². The van der Waals surface area contributed by atoms with Gasteiger partial charge < -0.3 is 14.8 Å². The Balaban J connectivity index is 1.56. The zero-order chi connectivity index (χ0) is 10.5. The van der Waals surface area contributed by atoms with Crippen LogP contribution in [0, 0.1) is 5.92 Å². The van der Waals surface area contributed by atoms with Gasteiger partial charge in [0.05, 0.1) is 6.10 Å². The molecule has 2 aliphatic rings. The van der Waals surface area contributed by atoms with Crippen molar-refractivity contribution < 1.29 is 9.47 Å². The fourth-order valence-electron chi connectivity index (χ4n) is 2.45. The van der Waals surface area contributed by atoms with Crippen molar-refractivity contribution in [2.75, 3.05) is 26.4 Å². The van der Waals surface area contributed by atoms with Crippen LogP contribution in [0.5, 0.6) is 0 Å². The van der Waals surface area contributed by atoms with Crippen LogP contribution < -0.4 is 5.32 Å². The molecule has 0 aliphatic carbocycles. The summed E-state index contributed by atoms with van der Waals surface area (Å²) in [5.41, 5.74) is 0. The van der Waals surface area contributed by atoms with E-state index in [9.17, 15) is 0 Å². The second-order valence-corrected chi connectivity index (χ2v) is 4.81. The summed E-state index contributed by atoms with van der Waals surface area (Å²) < 4.78 is 11.0. The van der Waals surface area contributed by atoms with Crippen molar-refractivity contribution in [3.63, 3.8) is 0 Å². The Labute approximate surface area is 92.5 Å². The fraction of sp³-hybridized carbons (Fsp3) is 1.00. The minimum atomic E-state index is 0.449. The molecule has 2 rings (SSSR count). The van der Waals surface area contributed by atoms with Crippen LogP contribution in [0.1, 0.15) is 32.6 Å². The lowest BCUT2D eigenvalue weighted by Gasteiger charge is -2.20. The lowest BCUT2D eigenvalue weighted by atomic mass is 10.0. The summed E-state index contributed by atoms with van der Waals surface area (Å²) in [5, 5.41) is 3.57. The first-order valence-electron chi connectivity index (χ1n) is 6.29. The predicted molar refractivity (Wildman–Crippen MR) is 60.0 cm³/mol. The summed E-state index contributed by atoms with van der Waals surface area (Å²) in [6.07, 6.45) is 5.39. The maximum Gasteiger partial charge on any atom is 0.0726 e. The van der Waals surface area contributed by atoms with Gasteiger partial charge in [0.15, 0.2) is 0 Å². The second-order valence-electron chi connectivity index (χ2n) is 4.81. The first kappa shape index (κ1) is 11.4. The van der Waals surface area contributed by atoms with E-state index in [4.69, 9.17) is 9.47 Å². The third-order valence-electron chi connectivity index (χ3n) is 3.57. The normalized spacial score (nSPS) is 33.4. The van der Waals surface area contributed by atoms with Gasteiger partial charge in [0.2, 0.25) is 0 Å². The smallest absolute Gasteiger partial charge is 0.0726 e. The number of nitrogens with one attached hydrogen (secondary N) is 1. The molecule has 3 nitrogen and oxygen atoms in total. The van der Waals surface area contributed by atoms with Crippen LogP contribution in [0.3, 0.4) is 0 Å². The minimum Gasteiger partial charge on any atom is -0.381 e. The highest BCUT2D eigenvalue weighted by Crippen LogP contribution is 2.17. The quantitative estimate of drug-likeness (QED) is 0.752. The van der Waals surface area contributed by atoms with E-state index in [1.807, 2.05) is 0 Å². The summed E-state index contributed by atoms with van der Waals surface area (Å²) in [5.74, 6) is 0.786. The molecule has 3 heteroatoms. The van der Waals surface area contributed by atoms with Gasteiger partial charge in [-0.25, -0.2) is 0 Å². The zero-order valence-electron chi connectivity index (χ0n) is 9.71. The molecule has 0 unspecified atom stereocenters. The zero-order valence-corrected chi connectivity index (χ0v) is 9.71. The Morgan fingerprint density at radius 2 is 2.27 bits per heavy atom. The van der Waals surface area contributed by atoms with E-state index in [-0.39, 0.29) is 0 Å². The van der Waals surface area contributed by atoms with Crippen LogP contribution >= 0.6 is 0 Å². The lowest BCUT2D eigenvalue weighted by molar-refractivity contribution is 0.0831. The van der Waals surface area contributed by atoms with Gasteiger partial charge in [0, 0.05) is 25.9 Å². The molecule has 0 aromatic carbocycles. The molecule has 2 heterocycles. The summed E-state index contributed by atoms with van der Waals surface area (Å²) in [4.78, 5) is 0. The minimum absolute atomic E-state index is 0.449. The molecule has 0 saturated carbocycles. The molecule has 2 saturated heterocycles. The van der Waals surface area contributed by atoms with Crippen LogP contribution in [-0.4, -0.2) is 38.5 Å². The van der Waals surface area contributed by atoms with Crippen molar-refractivity contribution >= 4 is 0 Å². The molecule has 2 aliphatic heterocycles. The molecule has 0 amide bonds. The SMILES string of the molecule is C[C@H](NCC[C@@H]1CCOC1)[C@H]1CCCO1. The van der Waals surface area contributed by atoms with Gasteiger partial charge in [-0.1, -0.05) is 0 Å². The molecular formula is C12H23NO2. The van der Waals surface area contributed by atoms with E-state index in [2.05, 4.69) is 12.2 Å². The van der Waals surface area contributed by atoms with Gasteiger partial charge in [-0.3, -0.25) is 0 Å². The highest BCUT2D eigenvalue weighted by atomic mass is 16.5. The maximum absolute atomic E-state index is 5.65. The van der Waals surface area contributed by atoms with E-state index < -0.39 is 0 Å². The monoisotopic (exact) mass is 213 g/mol. The number of hydrogen-bond donors (Lipinski definition) is 1. The molecule has 3 atom stereocenters. The highest BCUT2D eigenvalue weighted by molar-refractivity contribution is 4.77. The molecule has 88 valence electrons. The Morgan fingerprint density at radius 1 is 1.33 bits per heavy atom. The van der Waals surface area contributed by atoms with Gasteiger partial charge in [-0.15, -0.1) is 0 Å². The average molecular weight is 213 g/mol. The predicted octanol–water partition coefficient (Wildman–Crippen LogP) is 1.57. The number of rotatable bonds is 5. The van der Waals surface area contributed by atoms with Gasteiger partial charge in [0.1, 0.15) is 0 Å². The molecule has 0 radical (unpaired) electrons. The van der Waals surface area contributed by atoms with E-state index in [1.54, 1.807) is 0 Å². The van der Waals surface area contributed by atoms with Crippen LogP contribution in [0.2, 0.25) is 0 Å². The van der Waals surface area contributed by atoms with Crippen molar-refractivity contribution in [1.82, 2.24) is 5.32 Å². The van der Waals surface area contributed by atoms with Crippen molar-refractivity contribution in [3.05, 3.63) is 0 Å². The standard InChI is InChI=1S/C12H23NO2/c1-10(12-3-2-7-15-12)13-6-4-11-5-8-14-9-11/h10-13H,2-9H2,1H3/t10-,11+,12+/m0/s1. The van der Waals surface area contributed by atoms with E-state index in [0.29, 0.717) is 12.1 Å². The lowest BCUT2D eigenvalue weighted by Crippen LogP contribution is -2.38. The van der Waals surface area contributed by atoms with Crippen LogP contribution in [0.15, 0.2) is 0 Å². The molecular weight excluding hydrogens is 190 g/mol. The van der Waals surface area contributed by atoms with E-state index in [0.717, 1.165) is 32.3 Å². The van der Waals surface area contributed by atoms with Crippen molar-refractivity contribution in [3.8, 4) is 0 Å². The summed E-state index contributed by atoms with van der Waals surface area (Å²) in [6.45, 7) is 6.23. The van der Waals surface area contributed by atoms with Crippen molar-refractivity contribution in [1.29, 1.82) is 0 Å². The highest BCUT2D eigenvalue weighted by Gasteiger charge is 2.22. The molecule has 0 bridgehead atoms. The summed E-state index contributed by atoms with van der Waals surface area (Å²) >= 11 is 0. The second kappa shape index (κ2) is 5.83. The maximum atomic E-state index is 5.65. The average Bonchev–Trinajstić information content (AvgIpc) is 2.90. The van der Waals surface area contributed by atoms with Gasteiger partial charge >= 0.3 is 0 Å². The first-order valence-corrected chi connectivity index (χ1v) is 6.29. The van der Waals surface area contributed by atoms with E-state index >= 15 is 0 Å². The van der Waals surface area contributed by atoms with Gasteiger partial charge in [0.25, 0.3) is 0 Å². The van der Waals surface area contributed by atoms with Crippen LogP contribution in [0.4, 0.5) is 0 Å². The third-order valence-corrected chi connectivity index (χ3v) is 3.57. The summed E-state index contributed by atoms with van der Waals surface area (Å²) in [6, 6.07) is 0.509. The van der Waals surface area contributed by atoms with Crippen molar-refractivity contribution in [2.45, 2.75) is 44.8 Å². The number of ether oxygens (including phenoxy) is 2. The Kier molecular flexibility index (Phi) is 4.42. The topological polar surface area (TPSA) is 30.5 Å². The van der Waals surface area contributed by atoms with Crippen LogP contribution in [0.25, 0.3) is 0 Å². The molecule has 2 fully saturated rings. The Bertz CT molecular complexity index is 174. The van der Waals surface area contributed by atoms with Gasteiger partial charge in [-0.2, -0.15) is 0 Å². The third kappa shape index (κ3) is 3.44. The molecule has 15 heavy (non-hydrogen) atoms. The molecule has 0 aromatic rings. The van der Waals surface area contributed by atoms with Crippen molar-refractivity contribution in [2.24, 2.45) is 5.92 Å². The Morgan fingerprint density at radius 3 is 2.93 bits per heavy atom.